The van der Waals surface area contributed by atoms with Crippen molar-refractivity contribution >= 4 is 0 Å². The van der Waals surface area contributed by atoms with Gasteiger partial charge < -0.3 is 5.32 Å². The Labute approximate surface area is 106 Å². The summed E-state index contributed by atoms with van der Waals surface area (Å²) in [6, 6.07) is 10.4. The van der Waals surface area contributed by atoms with Crippen molar-refractivity contribution in [3.63, 3.8) is 0 Å². The van der Waals surface area contributed by atoms with Crippen molar-refractivity contribution in [1.29, 1.82) is 0 Å². The molecule has 0 spiro atoms. The molecule has 1 fully saturated rings. The van der Waals surface area contributed by atoms with E-state index in [1.165, 1.54) is 19.3 Å². The van der Waals surface area contributed by atoms with E-state index in [1.807, 2.05) is 30.3 Å². The van der Waals surface area contributed by atoms with Gasteiger partial charge in [-0.2, -0.15) is 4.80 Å². The molecule has 1 saturated heterocycles. The number of hydrogen-bond acceptors (Lipinski definition) is 4. The van der Waals surface area contributed by atoms with Crippen LogP contribution in [0.2, 0.25) is 0 Å². The van der Waals surface area contributed by atoms with Gasteiger partial charge in [0, 0.05) is 11.6 Å². The minimum Gasteiger partial charge on any atom is -0.312 e. The van der Waals surface area contributed by atoms with Crippen molar-refractivity contribution in [2.45, 2.75) is 31.8 Å². The lowest BCUT2D eigenvalue weighted by molar-refractivity contribution is 0.332. The summed E-state index contributed by atoms with van der Waals surface area (Å²) >= 11 is 0. The molecule has 0 aliphatic carbocycles. The van der Waals surface area contributed by atoms with Crippen LogP contribution < -0.4 is 5.32 Å². The molecule has 0 radical (unpaired) electrons. The predicted octanol–water partition coefficient (Wildman–Crippen LogP) is 1.48. The molecular weight excluding hydrogens is 226 g/mol. The molecule has 1 aliphatic heterocycles. The average Bonchev–Trinajstić information content (AvgIpc) is 2.89. The van der Waals surface area contributed by atoms with Crippen LogP contribution in [0.25, 0.3) is 11.4 Å². The molecule has 2 heterocycles. The first-order valence-electron chi connectivity index (χ1n) is 6.48. The Bertz CT molecular complexity index is 487. The normalized spacial score (nSPS) is 19.9. The van der Waals surface area contributed by atoms with Crippen LogP contribution in [-0.4, -0.2) is 32.8 Å². The Hall–Kier alpha value is -1.75. The van der Waals surface area contributed by atoms with Crippen LogP contribution in [0.3, 0.4) is 0 Å². The number of rotatable bonds is 3. The second-order valence-electron chi connectivity index (χ2n) is 4.68. The van der Waals surface area contributed by atoms with E-state index < -0.39 is 0 Å². The summed E-state index contributed by atoms with van der Waals surface area (Å²) in [6.45, 7) is 1.91. The van der Waals surface area contributed by atoms with E-state index in [9.17, 15) is 0 Å². The number of piperidine rings is 1. The van der Waals surface area contributed by atoms with Crippen LogP contribution >= 0.6 is 0 Å². The Morgan fingerprint density at radius 1 is 1.22 bits per heavy atom. The van der Waals surface area contributed by atoms with Gasteiger partial charge in [-0.3, -0.25) is 0 Å². The van der Waals surface area contributed by atoms with Crippen molar-refractivity contribution in [3.8, 4) is 11.4 Å². The minimum atomic E-state index is 0.483. The molecule has 3 rings (SSSR count). The largest absolute Gasteiger partial charge is 0.312 e. The number of hydrogen-bond donors (Lipinski definition) is 1. The highest BCUT2D eigenvalue weighted by molar-refractivity contribution is 5.52. The highest BCUT2D eigenvalue weighted by atomic mass is 15.6. The summed E-state index contributed by atoms with van der Waals surface area (Å²) in [4.78, 5) is 1.70. The number of nitrogens with one attached hydrogen (secondary N) is 1. The zero-order chi connectivity index (χ0) is 12.2. The van der Waals surface area contributed by atoms with Crippen molar-refractivity contribution in [1.82, 2.24) is 25.5 Å². The monoisotopic (exact) mass is 243 g/mol. The molecule has 5 nitrogen and oxygen atoms in total. The zero-order valence-electron chi connectivity index (χ0n) is 10.3. The average molecular weight is 243 g/mol. The van der Waals surface area contributed by atoms with Crippen molar-refractivity contribution in [2.24, 2.45) is 0 Å². The van der Waals surface area contributed by atoms with E-state index in [0.717, 1.165) is 18.7 Å². The van der Waals surface area contributed by atoms with E-state index in [4.69, 9.17) is 0 Å². The lowest BCUT2D eigenvalue weighted by atomic mass is 10.1. The van der Waals surface area contributed by atoms with Gasteiger partial charge in [-0.15, -0.1) is 10.2 Å². The molecule has 1 aromatic heterocycles. The molecular formula is C13H17N5. The molecule has 1 unspecified atom stereocenters. The summed E-state index contributed by atoms with van der Waals surface area (Å²) in [7, 11) is 0. The van der Waals surface area contributed by atoms with E-state index in [1.54, 1.807) is 4.80 Å². The van der Waals surface area contributed by atoms with Gasteiger partial charge in [0.1, 0.15) is 0 Å². The van der Waals surface area contributed by atoms with Gasteiger partial charge >= 0.3 is 0 Å². The van der Waals surface area contributed by atoms with Gasteiger partial charge in [0.05, 0.1) is 6.54 Å². The first-order valence-corrected chi connectivity index (χ1v) is 6.48. The topological polar surface area (TPSA) is 55.6 Å². The van der Waals surface area contributed by atoms with Crippen molar-refractivity contribution < 1.29 is 0 Å². The molecule has 0 bridgehead atoms. The molecule has 0 amide bonds. The third-order valence-electron chi connectivity index (χ3n) is 3.28. The zero-order valence-corrected chi connectivity index (χ0v) is 10.3. The van der Waals surface area contributed by atoms with Gasteiger partial charge in [0.2, 0.25) is 5.82 Å². The van der Waals surface area contributed by atoms with Crippen LogP contribution in [0.15, 0.2) is 30.3 Å². The molecule has 1 N–H and O–H groups in total. The summed E-state index contributed by atoms with van der Waals surface area (Å²) in [5.41, 5.74) is 1.01. The first-order chi connectivity index (χ1) is 8.92. The molecule has 18 heavy (non-hydrogen) atoms. The third-order valence-corrected chi connectivity index (χ3v) is 3.28. The van der Waals surface area contributed by atoms with Gasteiger partial charge in [0.25, 0.3) is 0 Å². The molecule has 2 aromatic rings. The predicted molar refractivity (Wildman–Crippen MR) is 68.9 cm³/mol. The second kappa shape index (κ2) is 5.27. The second-order valence-corrected chi connectivity index (χ2v) is 4.68. The number of nitrogens with zero attached hydrogens (tertiary/aromatic N) is 4. The highest BCUT2D eigenvalue weighted by Gasteiger charge is 2.14. The Morgan fingerprint density at radius 2 is 2.11 bits per heavy atom. The van der Waals surface area contributed by atoms with E-state index in [-0.39, 0.29) is 0 Å². The molecule has 1 atom stereocenters. The Balaban J connectivity index is 1.69. The van der Waals surface area contributed by atoms with E-state index in [0.29, 0.717) is 11.9 Å². The Morgan fingerprint density at radius 3 is 2.89 bits per heavy atom. The SMILES string of the molecule is c1ccc(-c2nnn(CC3CCCCN3)n2)cc1. The minimum absolute atomic E-state index is 0.483. The summed E-state index contributed by atoms with van der Waals surface area (Å²) in [6.07, 6.45) is 3.76. The standard InChI is InChI=1S/C13H17N5/c1-2-6-11(7-3-1)13-15-17-18(16-13)10-12-8-4-5-9-14-12/h1-3,6-7,12,14H,4-5,8-10H2. The first kappa shape index (κ1) is 11.3. The summed E-state index contributed by atoms with van der Waals surface area (Å²) < 4.78 is 0. The molecule has 1 aliphatic rings. The maximum Gasteiger partial charge on any atom is 0.204 e. The van der Waals surface area contributed by atoms with Gasteiger partial charge in [-0.1, -0.05) is 36.8 Å². The van der Waals surface area contributed by atoms with E-state index in [2.05, 4.69) is 20.7 Å². The van der Waals surface area contributed by atoms with Crippen LogP contribution in [0.4, 0.5) is 0 Å². The maximum atomic E-state index is 4.43. The van der Waals surface area contributed by atoms with Gasteiger partial charge in [0.15, 0.2) is 0 Å². The molecule has 94 valence electrons. The Kier molecular flexibility index (Phi) is 3.32. The van der Waals surface area contributed by atoms with E-state index >= 15 is 0 Å². The number of benzene rings is 1. The maximum absolute atomic E-state index is 4.43. The quantitative estimate of drug-likeness (QED) is 0.887. The van der Waals surface area contributed by atoms with Crippen molar-refractivity contribution in [2.75, 3.05) is 6.54 Å². The van der Waals surface area contributed by atoms with Gasteiger partial charge in [-0.05, 0) is 24.6 Å². The fourth-order valence-electron chi connectivity index (χ4n) is 2.30. The van der Waals surface area contributed by atoms with Crippen LogP contribution in [0, 0.1) is 0 Å². The van der Waals surface area contributed by atoms with Crippen LogP contribution in [0.1, 0.15) is 19.3 Å². The summed E-state index contributed by atoms with van der Waals surface area (Å²) in [5, 5.41) is 16.1. The lowest BCUT2D eigenvalue weighted by Crippen LogP contribution is -2.37. The van der Waals surface area contributed by atoms with Crippen LogP contribution in [0.5, 0.6) is 0 Å². The molecule has 0 saturated carbocycles. The van der Waals surface area contributed by atoms with Crippen LogP contribution in [-0.2, 0) is 6.54 Å². The van der Waals surface area contributed by atoms with Gasteiger partial charge in [-0.25, -0.2) is 0 Å². The highest BCUT2D eigenvalue weighted by Crippen LogP contribution is 2.13. The third kappa shape index (κ3) is 2.56. The van der Waals surface area contributed by atoms with Crippen molar-refractivity contribution in [3.05, 3.63) is 30.3 Å². The molecule has 1 aromatic carbocycles. The number of tetrazole rings is 1. The smallest absolute Gasteiger partial charge is 0.204 e. The summed E-state index contributed by atoms with van der Waals surface area (Å²) in [5.74, 6) is 0.700. The molecule has 5 heteroatoms. The number of aromatic nitrogens is 4. The fraction of sp³-hybridized carbons (Fsp3) is 0.462. The lowest BCUT2D eigenvalue weighted by Gasteiger charge is -2.22. The fourth-order valence-corrected chi connectivity index (χ4v) is 2.30.